The molecule has 0 radical (unpaired) electrons. The molecule has 1 aliphatic heterocycles. The standard InChI is InChI=1S/C12H15ClF3N3/c1-19(9-3-2-4-17-7-9)11-10(13)5-8(6-18-11)12(14,15)16/h5-6,9,17H,2-4,7H2,1H3/t9-/m1/s1. The Balaban J connectivity index is 2.20. The van der Waals surface area contributed by atoms with Crippen molar-refractivity contribution in [3.8, 4) is 0 Å². The van der Waals surface area contributed by atoms with Crippen molar-refractivity contribution in [1.29, 1.82) is 0 Å². The minimum Gasteiger partial charge on any atom is -0.354 e. The minimum absolute atomic E-state index is 0.0305. The van der Waals surface area contributed by atoms with Gasteiger partial charge in [-0.05, 0) is 25.5 Å². The highest BCUT2D eigenvalue weighted by atomic mass is 35.5. The van der Waals surface area contributed by atoms with E-state index < -0.39 is 11.7 Å². The number of aromatic nitrogens is 1. The maximum Gasteiger partial charge on any atom is 0.417 e. The second kappa shape index (κ2) is 5.54. The van der Waals surface area contributed by atoms with E-state index in [1.54, 1.807) is 7.05 Å². The molecular formula is C12H15ClF3N3. The summed E-state index contributed by atoms with van der Waals surface area (Å²) in [5.74, 6) is 0.392. The highest BCUT2D eigenvalue weighted by Crippen LogP contribution is 2.33. The summed E-state index contributed by atoms with van der Waals surface area (Å²) in [5, 5.41) is 3.28. The lowest BCUT2D eigenvalue weighted by Crippen LogP contribution is -2.44. The van der Waals surface area contributed by atoms with E-state index in [0.29, 0.717) is 5.82 Å². The molecule has 0 unspecified atom stereocenters. The molecule has 0 saturated carbocycles. The average molecular weight is 294 g/mol. The molecule has 0 aliphatic carbocycles. The number of likely N-dealkylation sites (N-methyl/N-ethyl adjacent to an activating group) is 1. The van der Waals surface area contributed by atoms with Crippen LogP contribution in [0.4, 0.5) is 19.0 Å². The normalized spacial score (nSPS) is 20.4. The van der Waals surface area contributed by atoms with Gasteiger partial charge in [0.25, 0.3) is 0 Å². The van der Waals surface area contributed by atoms with Gasteiger partial charge in [-0.15, -0.1) is 0 Å². The second-order valence-corrected chi connectivity index (χ2v) is 5.05. The molecule has 3 nitrogen and oxygen atoms in total. The summed E-state index contributed by atoms with van der Waals surface area (Å²) < 4.78 is 37.6. The number of hydrogen-bond donors (Lipinski definition) is 1. The van der Waals surface area contributed by atoms with Gasteiger partial charge in [-0.25, -0.2) is 4.98 Å². The zero-order valence-electron chi connectivity index (χ0n) is 10.5. The van der Waals surface area contributed by atoms with E-state index in [2.05, 4.69) is 10.3 Å². The Morgan fingerprint density at radius 1 is 1.47 bits per heavy atom. The third-order valence-electron chi connectivity index (χ3n) is 3.30. The van der Waals surface area contributed by atoms with E-state index in [1.807, 2.05) is 4.90 Å². The van der Waals surface area contributed by atoms with E-state index in [4.69, 9.17) is 11.6 Å². The van der Waals surface area contributed by atoms with Crippen LogP contribution < -0.4 is 10.2 Å². The van der Waals surface area contributed by atoms with Crippen molar-refractivity contribution >= 4 is 17.4 Å². The first-order chi connectivity index (χ1) is 8.89. The summed E-state index contributed by atoms with van der Waals surface area (Å²) in [4.78, 5) is 5.71. The van der Waals surface area contributed by atoms with E-state index in [9.17, 15) is 13.2 Å². The summed E-state index contributed by atoms with van der Waals surface area (Å²) >= 11 is 5.92. The van der Waals surface area contributed by atoms with Crippen molar-refractivity contribution in [2.45, 2.75) is 25.1 Å². The minimum atomic E-state index is -4.42. The third kappa shape index (κ3) is 3.30. The van der Waals surface area contributed by atoms with Gasteiger partial charge in [0, 0.05) is 25.8 Å². The molecule has 106 valence electrons. The van der Waals surface area contributed by atoms with E-state index in [0.717, 1.165) is 38.2 Å². The molecule has 1 aliphatic rings. The monoisotopic (exact) mass is 293 g/mol. The van der Waals surface area contributed by atoms with Crippen molar-refractivity contribution in [3.63, 3.8) is 0 Å². The number of hydrogen-bond acceptors (Lipinski definition) is 3. The molecular weight excluding hydrogens is 279 g/mol. The largest absolute Gasteiger partial charge is 0.417 e. The van der Waals surface area contributed by atoms with Gasteiger partial charge in [-0.1, -0.05) is 11.6 Å². The first-order valence-corrected chi connectivity index (χ1v) is 6.43. The van der Waals surface area contributed by atoms with Crippen LogP contribution in [0.2, 0.25) is 5.02 Å². The van der Waals surface area contributed by atoms with Crippen LogP contribution in [0.25, 0.3) is 0 Å². The van der Waals surface area contributed by atoms with Gasteiger partial charge in [0.05, 0.1) is 10.6 Å². The van der Waals surface area contributed by atoms with Crippen LogP contribution in [0.1, 0.15) is 18.4 Å². The van der Waals surface area contributed by atoms with Crippen molar-refractivity contribution in [2.24, 2.45) is 0 Å². The molecule has 1 N–H and O–H groups in total. The quantitative estimate of drug-likeness (QED) is 0.909. The van der Waals surface area contributed by atoms with Crippen molar-refractivity contribution in [2.75, 3.05) is 25.0 Å². The van der Waals surface area contributed by atoms with Gasteiger partial charge < -0.3 is 10.2 Å². The number of alkyl halides is 3. The maximum absolute atomic E-state index is 12.5. The van der Waals surface area contributed by atoms with Crippen LogP contribution in [0.3, 0.4) is 0 Å². The average Bonchev–Trinajstić information content (AvgIpc) is 2.38. The summed E-state index contributed by atoms with van der Waals surface area (Å²) in [5.41, 5.74) is -0.823. The van der Waals surface area contributed by atoms with Crippen LogP contribution in [-0.2, 0) is 6.18 Å². The number of nitrogens with zero attached hydrogens (tertiary/aromatic N) is 2. The Kier molecular flexibility index (Phi) is 4.20. The summed E-state index contributed by atoms with van der Waals surface area (Å²) in [6.45, 7) is 1.76. The summed E-state index contributed by atoms with van der Waals surface area (Å²) in [6, 6.07) is 1.13. The molecule has 1 aromatic heterocycles. The summed E-state index contributed by atoms with van der Waals surface area (Å²) in [7, 11) is 1.80. The van der Waals surface area contributed by atoms with Crippen LogP contribution in [0.5, 0.6) is 0 Å². The number of pyridine rings is 1. The molecule has 1 fully saturated rings. The SMILES string of the molecule is CN(c1ncc(C(F)(F)F)cc1Cl)[C@@H]1CCCNC1. The lowest BCUT2D eigenvalue weighted by atomic mass is 10.1. The number of nitrogens with one attached hydrogen (secondary N) is 1. The first-order valence-electron chi connectivity index (χ1n) is 6.06. The van der Waals surface area contributed by atoms with Crippen molar-refractivity contribution in [1.82, 2.24) is 10.3 Å². The third-order valence-corrected chi connectivity index (χ3v) is 3.58. The first kappa shape index (κ1) is 14.4. The molecule has 1 aromatic rings. The van der Waals surface area contributed by atoms with E-state index in [1.165, 1.54) is 0 Å². The Morgan fingerprint density at radius 3 is 2.74 bits per heavy atom. The maximum atomic E-state index is 12.5. The van der Waals surface area contributed by atoms with E-state index >= 15 is 0 Å². The molecule has 0 amide bonds. The molecule has 2 rings (SSSR count). The number of anilines is 1. The highest BCUT2D eigenvalue weighted by molar-refractivity contribution is 6.33. The zero-order valence-corrected chi connectivity index (χ0v) is 11.2. The zero-order chi connectivity index (χ0) is 14.0. The molecule has 7 heteroatoms. The molecule has 0 aromatic carbocycles. The van der Waals surface area contributed by atoms with Gasteiger partial charge >= 0.3 is 6.18 Å². The lowest BCUT2D eigenvalue weighted by Gasteiger charge is -2.33. The molecule has 2 heterocycles. The molecule has 19 heavy (non-hydrogen) atoms. The number of rotatable bonds is 2. The predicted molar refractivity (Wildman–Crippen MR) is 68.5 cm³/mol. The Bertz CT molecular complexity index is 444. The van der Waals surface area contributed by atoms with Crippen molar-refractivity contribution in [3.05, 3.63) is 22.8 Å². The molecule has 1 atom stereocenters. The molecule has 0 spiro atoms. The smallest absolute Gasteiger partial charge is 0.354 e. The predicted octanol–water partition coefficient (Wildman–Crippen LogP) is 2.94. The van der Waals surface area contributed by atoms with Crippen LogP contribution in [0, 0.1) is 0 Å². The summed E-state index contributed by atoms with van der Waals surface area (Å²) in [6.07, 6.45) is -1.58. The Labute approximate surface area is 114 Å². The van der Waals surface area contributed by atoms with Crippen LogP contribution in [0.15, 0.2) is 12.3 Å². The topological polar surface area (TPSA) is 28.2 Å². The van der Waals surface area contributed by atoms with E-state index in [-0.39, 0.29) is 11.1 Å². The fraction of sp³-hybridized carbons (Fsp3) is 0.583. The van der Waals surface area contributed by atoms with Gasteiger partial charge in [-0.3, -0.25) is 0 Å². The van der Waals surface area contributed by atoms with Crippen LogP contribution >= 0.6 is 11.6 Å². The number of halogens is 4. The Morgan fingerprint density at radius 2 is 2.21 bits per heavy atom. The highest BCUT2D eigenvalue weighted by Gasteiger charge is 2.32. The Hall–Kier alpha value is -1.01. The number of piperidine rings is 1. The lowest BCUT2D eigenvalue weighted by molar-refractivity contribution is -0.137. The molecule has 0 bridgehead atoms. The van der Waals surface area contributed by atoms with Gasteiger partial charge in [0.15, 0.2) is 0 Å². The fourth-order valence-corrected chi connectivity index (χ4v) is 2.48. The second-order valence-electron chi connectivity index (χ2n) is 4.64. The van der Waals surface area contributed by atoms with Gasteiger partial charge in [-0.2, -0.15) is 13.2 Å². The fourth-order valence-electron chi connectivity index (χ4n) is 2.18. The molecule has 1 saturated heterocycles. The van der Waals surface area contributed by atoms with Gasteiger partial charge in [0.2, 0.25) is 0 Å². The van der Waals surface area contributed by atoms with Crippen molar-refractivity contribution < 1.29 is 13.2 Å². The van der Waals surface area contributed by atoms with Crippen LogP contribution in [-0.4, -0.2) is 31.2 Å². The van der Waals surface area contributed by atoms with Gasteiger partial charge in [0.1, 0.15) is 5.82 Å².